The van der Waals surface area contributed by atoms with Crippen LogP contribution in [0.4, 0.5) is 0 Å². The van der Waals surface area contributed by atoms with Crippen molar-refractivity contribution in [1.82, 2.24) is 16.0 Å². The van der Waals surface area contributed by atoms with Crippen molar-refractivity contribution in [3.63, 3.8) is 0 Å². The fourth-order valence-corrected chi connectivity index (χ4v) is 5.09. The molecule has 0 aromatic heterocycles. The van der Waals surface area contributed by atoms with Gasteiger partial charge in [0.15, 0.2) is 12.5 Å². The highest BCUT2D eigenvalue weighted by molar-refractivity contribution is 5.84. The van der Waals surface area contributed by atoms with Crippen LogP contribution in [0.25, 0.3) is 0 Å². The molecule has 0 aliphatic carbocycles. The van der Waals surface area contributed by atoms with Crippen LogP contribution in [-0.2, 0) is 38.2 Å². The van der Waals surface area contributed by atoms with Crippen LogP contribution in [0.5, 0.6) is 0 Å². The van der Waals surface area contributed by atoms with Gasteiger partial charge in [-0.25, -0.2) is 4.79 Å². The predicted molar refractivity (Wildman–Crippen MR) is 184 cm³/mol. The van der Waals surface area contributed by atoms with E-state index in [4.69, 9.17) is 19.3 Å². The summed E-state index contributed by atoms with van der Waals surface area (Å²) in [7, 11) is 0. The Morgan fingerprint density at radius 3 is 1.65 bits per heavy atom. The second-order valence-electron chi connectivity index (χ2n) is 12.1. The van der Waals surface area contributed by atoms with Crippen LogP contribution in [-0.4, -0.2) is 98.6 Å². The average molecular weight is 688 g/mol. The van der Waals surface area contributed by atoms with E-state index >= 15 is 0 Å². The molecule has 13 heteroatoms. The number of carbonyl (C=O) groups excluding carboxylic acids is 3. The lowest BCUT2D eigenvalue weighted by Crippen LogP contribution is -2.41. The van der Waals surface area contributed by atoms with Gasteiger partial charge in [-0.05, 0) is 26.2 Å². The number of hydrogen-bond donors (Lipinski definition) is 5. The van der Waals surface area contributed by atoms with E-state index in [9.17, 15) is 29.1 Å². The third kappa shape index (κ3) is 32.0. The van der Waals surface area contributed by atoms with Crippen molar-refractivity contribution in [3.8, 4) is 0 Å². The summed E-state index contributed by atoms with van der Waals surface area (Å²) in [6.45, 7) is 4.37. The Kier molecular flexibility index (Phi) is 32.4. The molecule has 0 radical (unpaired) electrons. The summed E-state index contributed by atoms with van der Waals surface area (Å²) in [5, 5.41) is 26.2. The fraction of sp³-hybridized carbons (Fsp3) is 0.857. The molecule has 2 atom stereocenters. The Balaban J connectivity index is 3.69. The largest absolute Gasteiger partial charge is 0.481 e. The SMILES string of the molecule is CCOCCNC(C=O)OCCOCCNC(=O)CC[C@H](NC(=O)CCCCCCCCCCCCCCCCCCC(=O)O)C(=O)O. The molecule has 0 aromatic rings. The molecule has 0 rings (SSSR count). The molecule has 0 fully saturated rings. The number of unbranched alkanes of at least 4 members (excludes halogenated alkanes) is 15. The van der Waals surface area contributed by atoms with Crippen LogP contribution < -0.4 is 16.0 Å². The van der Waals surface area contributed by atoms with Gasteiger partial charge in [-0.3, -0.25) is 24.5 Å². The minimum absolute atomic E-state index is 0.00116. The Bertz CT molecular complexity index is 830. The van der Waals surface area contributed by atoms with Crippen molar-refractivity contribution >= 4 is 30.0 Å². The van der Waals surface area contributed by atoms with Gasteiger partial charge in [0.1, 0.15) is 6.04 Å². The summed E-state index contributed by atoms with van der Waals surface area (Å²) in [4.78, 5) is 57.5. The molecule has 0 saturated heterocycles. The minimum atomic E-state index is -1.16. The highest BCUT2D eigenvalue weighted by atomic mass is 16.5. The van der Waals surface area contributed by atoms with Crippen molar-refractivity contribution < 1.29 is 48.4 Å². The van der Waals surface area contributed by atoms with Crippen LogP contribution in [0, 0.1) is 0 Å². The van der Waals surface area contributed by atoms with Crippen molar-refractivity contribution in [2.75, 3.05) is 46.1 Å². The first-order valence-corrected chi connectivity index (χ1v) is 18.3. The van der Waals surface area contributed by atoms with Gasteiger partial charge in [0.25, 0.3) is 0 Å². The summed E-state index contributed by atoms with van der Waals surface area (Å²) in [5.41, 5.74) is 0. The van der Waals surface area contributed by atoms with Gasteiger partial charge in [-0.1, -0.05) is 89.9 Å². The standard InChI is InChI=1S/C35H65N3O10/c1-2-46-25-24-37-33(29-39)48-28-27-47-26-23-36-31(40)22-21-30(35(44)45)38-32(41)19-17-15-13-11-9-7-5-3-4-6-8-10-12-14-16-18-20-34(42)43/h29-30,33,37H,2-28H2,1H3,(H,36,40)(H,38,41)(H,42,43)(H,44,45)/t30-,33?/m0/s1. The van der Waals surface area contributed by atoms with Gasteiger partial charge in [0.05, 0.1) is 26.4 Å². The molecule has 1 unspecified atom stereocenters. The molecule has 0 heterocycles. The fourth-order valence-electron chi connectivity index (χ4n) is 5.09. The maximum Gasteiger partial charge on any atom is 0.326 e. The number of carbonyl (C=O) groups is 5. The molecule has 48 heavy (non-hydrogen) atoms. The molecule has 0 spiro atoms. The third-order valence-electron chi connectivity index (χ3n) is 7.85. The zero-order valence-corrected chi connectivity index (χ0v) is 29.5. The van der Waals surface area contributed by atoms with E-state index in [1.54, 1.807) is 0 Å². The van der Waals surface area contributed by atoms with E-state index in [0.29, 0.717) is 32.5 Å². The lowest BCUT2D eigenvalue weighted by atomic mass is 10.0. The van der Waals surface area contributed by atoms with Gasteiger partial charge < -0.3 is 35.1 Å². The lowest BCUT2D eigenvalue weighted by Gasteiger charge is -2.15. The average Bonchev–Trinajstić information content (AvgIpc) is 3.06. The first kappa shape index (κ1) is 45.4. The van der Waals surface area contributed by atoms with Crippen molar-refractivity contribution in [1.29, 1.82) is 0 Å². The Morgan fingerprint density at radius 2 is 1.15 bits per heavy atom. The molecule has 0 aromatic carbocycles. The topological polar surface area (TPSA) is 190 Å². The number of amides is 2. The zero-order valence-electron chi connectivity index (χ0n) is 29.5. The molecule has 2 amide bonds. The highest BCUT2D eigenvalue weighted by Crippen LogP contribution is 2.14. The maximum absolute atomic E-state index is 12.3. The van der Waals surface area contributed by atoms with Crippen molar-refractivity contribution in [3.05, 3.63) is 0 Å². The molecule has 280 valence electrons. The van der Waals surface area contributed by atoms with Crippen LogP contribution >= 0.6 is 0 Å². The molecule has 0 saturated carbocycles. The number of aldehydes is 1. The summed E-state index contributed by atoms with van der Waals surface area (Å²) in [6.07, 6.45) is 18.5. The maximum atomic E-state index is 12.3. The normalized spacial score (nSPS) is 12.4. The van der Waals surface area contributed by atoms with Gasteiger partial charge in [-0.15, -0.1) is 0 Å². The Hall–Kier alpha value is -2.61. The number of hydrogen-bond acceptors (Lipinski definition) is 9. The Morgan fingerprint density at radius 1 is 0.625 bits per heavy atom. The predicted octanol–water partition coefficient (Wildman–Crippen LogP) is 4.74. The Labute approximate surface area is 288 Å². The second kappa shape index (κ2) is 34.3. The molecule has 0 aliphatic heterocycles. The van der Waals surface area contributed by atoms with E-state index in [-0.39, 0.29) is 63.9 Å². The molecule has 5 N–H and O–H groups in total. The van der Waals surface area contributed by atoms with E-state index in [2.05, 4.69) is 16.0 Å². The number of nitrogens with one attached hydrogen (secondary N) is 3. The van der Waals surface area contributed by atoms with Crippen molar-refractivity contribution in [2.45, 2.75) is 148 Å². The molecule has 13 nitrogen and oxygen atoms in total. The number of carboxylic acids is 2. The number of carboxylic acid groups (broad SMARTS) is 2. The van der Waals surface area contributed by atoms with Crippen LogP contribution in [0.15, 0.2) is 0 Å². The van der Waals surface area contributed by atoms with E-state index in [0.717, 1.165) is 38.5 Å². The monoisotopic (exact) mass is 687 g/mol. The van der Waals surface area contributed by atoms with Crippen LogP contribution in [0.1, 0.15) is 135 Å². The lowest BCUT2D eigenvalue weighted by molar-refractivity contribution is -0.142. The number of aliphatic carboxylic acids is 2. The van der Waals surface area contributed by atoms with Gasteiger partial charge in [0.2, 0.25) is 11.8 Å². The van der Waals surface area contributed by atoms with Crippen LogP contribution in [0.2, 0.25) is 0 Å². The summed E-state index contributed by atoms with van der Waals surface area (Å²) < 4.78 is 15.9. The minimum Gasteiger partial charge on any atom is -0.481 e. The summed E-state index contributed by atoms with van der Waals surface area (Å²) in [5.74, 6) is -2.49. The van der Waals surface area contributed by atoms with E-state index in [1.807, 2.05) is 6.92 Å². The first-order chi connectivity index (χ1) is 23.3. The van der Waals surface area contributed by atoms with E-state index in [1.165, 1.54) is 57.8 Å². The number of ether oxygens (including phenoxy) is 3. The molecular weight excluding hydrogens is 622 g/mol. The summed E-state index contributed by atoms with van der Waals surface area (Å²) in [6, 6.07) is -1.11. The van der Waals surface area contributed by atoms with Crippen molar-refractivity contribution in [2.24, 2.45) is 0 Å². The number of rotatable bonds is 37. The smallest absolute Gasteiger partial charge is 0.326 e. The van der Waals surface area contributed by atoms with Gasteiger partial charge in [0, 0.05) is 39.0 Å². The third-order valence-corrected chi connectivity index (χ3v) is 7.85. The zero-order chi connectivity index (χ0) is 35.5. The summed E-state index contributed by atoms with van der Waals surface area (Å²) >= 11 is 0. The van der Waals surface area contributed by atoms with Crippen LogP contribution in [0.3, 0.4) is 0 Å². The molecule has 0 aliphatic rings. The highest BCUT2D eigenvalue weighted by Gasteiger charge is 2.20. The second-order valence-corrected chi connectivity index (χ2v) is 12.1. The van der Waals surface area contributed by atoms with Gasteiger partial charge >= 0.3 is 11.9 Å². The quantitative estimate of drug-likeness (QED) is 0.0345. The first-order valence-electron chi connectivity index (χ1n) is 18.3. The molecule has 0 bridgehead atoms. The van der Waals surface area contributed by atoms with E-state index < -0.39 is 24.2 Å². The molecular formula is C35H65N3O10. The van der Waals surface area contributed by atoms with Gasteiger partial charge in [-0.2, -0.15) is 0 Å².